The van der Waals surface area contributed by atoms with Crippen molar-refractivity contribution in [1.82, 2.24) is 0 Å². The van der Waals surface area contributed by atoms with Crippen LogP contribution in [0.3, 0.4) is 0 Å². The molecule has 2 N–H and O–H groups in total. The molecule has 0 aromatic heterocycles. The number of nitrogens with two attached hydrogens (primary N) is 1. The fourth-order valence-electron chi connectivity index (χ4n) is 1.85. The Morgan fingerprint density at radius 3 is 2.60 bits per heavy atom. The molecule has 2 aromatic rings. The molecule has 2 nitrogen and oxygen atoms in total. The second kappa shape index (κ2) is 6.68. The molecule has 2 rings (SSSR count). The van der Waals surface area contributed by atoms with E-state index in [9.17, 15) is 8.78 Å². The maximum atomic E-state index is 13.1. The van der Waals surface area contributed by atoms with Crippen LogP contribution in [0, 0.1) is 11.6 Å². The van der Waals surface area contributed by atoms with Crippen LogP contribution in [0.2, 0.25) is 5.02 Å². The third-order valence-corrected chi connectivity index (χ3v) is 3.20. The van der Waals surface area contributed by atoms with Gasteiger partial charge in [0.2, 0.25) is 0 Å². The topological polar surface area (TPSA) is 35.2 Å². The molecule has 0 aliphatic carbocycles. The van der Waals surface area contributed by atoms with Gasteiger partial charge >= 0.3 is 0 Å². The van der Waals surface area contributed by atoms with Gasteiger partial charge in [-0.25, -0.2) is 8.78 Å². The Morgan fingerprint density at radius 2 is 1.90 bits per heavy atom. The molecule has 20 heavy (non-hydrogen) atoms. The smallest absolute Gasteiger partial charge is 0.159 e. The predicted octanol–water partition coefficient (Wildman–Crippen LogP) is 3.70. The van der Waals surface area contributed by atoms with Gasteiger partial charge in [-0.1, -0.05) is 23.7 Å². The molecule has 2 aromatic carbocycles. The summed E-state index contributed by atoms with van der Waals surface area (Å²) in [5, 5.41) is 0.582. The van der Waals surface area contributed by atoms with Crippen molar-refractivity contribution < 1.29 is 13.5 Å². The molecule has 0 aliphatic heterocycles. The molecule has 0 aliphatic rings. The molecular weight excluding hydrogens is 284 g/mol. The molecule has 0 fully saturated rings. The Kier molecular flexibility index (Phi) is 4.93. The Morgan fingerprint density at radius 1 is 1.10 bits per heavy atom. The largest absolute Gasteiger partial charge is 0.489 e. The van der Waals surface area contributed by atoms with E-state index in [0.717, 1.165) is 17.7 Å². The van der Waals surface area contributed by atoms with Crippen molar-refractivity contribution in [3.8, 4) is 5.75 Å². The van der Waals surface area contributed by atoms with Crippen LogP contribution in [-0.4, -0.2) is 6.54 Å². The Balaban J connectivity index is 2.14. The average Bonchev–Trinajstić information content (AvgIpc) is 2.43. The van der Waals surface area contributed by atoms with E-state index in [0.29, 0.717) is 29.3 Å². The first kappa shape index (κ1) is 14.8. The second-order valence-corrected chi connectivity index (χ2v) is 4.70. The van der Waals surface area contributed by atoms with E-state index in [1.807, 2.05) is 0 Å². The van der Waals surface area contributed by atoms with Crippen molar-refractivity contribution >= 4 is 11.6 Å². The molecule has 0 spiro atoms. The van der Waals surface area contributed by atoms with Crippen molar-refractivity contribution in [2.24, 2.45) is 5.73 Å². The molecule has 0 atom stereocenters. The average molecular weight is 298 g/mol. The highest BCUT2D eigenvalue weighted by atomic mass is 35.5. The zero-order valence-corrected chi connectivity index (χ0v) is 11.5. The summed E-state index contributed by atoms with van der Waals surface area (Å²) >= 11 is 6.09. The number of ether oxygens (including phenoxy) is 1. The highest BCUT2D eigenvalue weighted by molar-refractivity contribution is 6.31. The van der Waals surface area contributed by atoms with Crippen LogP contribution in [0.15, 0.2) is 36.4 Å². The molecule has 0 unspecified atom stereocenters. The summed E-state index contributed by atoms with van der Waals surface area (Å²) < 4.78 is 31.6. The fraction of sp³-hybridized carbons (Fsp3) is 0.200. The van der Waals surface area contributed by atoms with Crippen molar-refractivity contribution in [2.45, 2.75) is 13.0 Å². The standard InChI is InChI=1S/C15H14ClF2NO/c16-12-2-1-3-15(11(12)6-7-19)20-9-10-4-5-13(17)14(18)8-10/h1-5,8H,6-7,9,19H2. The number of halogens is 3. The quantitative estimate of drug-likeness (QED) is 0.913. The normalized spacial score (nSPS) is 10.6. The Labute approximate surface area is 121 Å². The van der Waals surface area contributed by atoms with Crippen LogP contribution in [-0.2, 0) is 13.0 Å². The van der Waals surface area contributed by atoms with Crippen LogP contribution in [0.1, 0.15) is 11.1 Å². The first-order valence-corrected chi connectivity index (χ1v) is 6.54. The van der Waals surface area contributed by atoms with E-state index >= 15 is 0 Å². The van der Waals surface area contributed by atoms with E-state index in [4.69, 9.17) is 22.1 Å². The van der Waals surface area contributed by atoms with Crippen LogP contribution in [0.4, 0.5) is 8.78 Å². The number of hydrogen-bond acceptors (Lipinski definition) is 2. The zero-order valence-electron chi connectivity index (χ0n) is 10.7. The molecule has 0 heterocycles. The van der Waals surface area contributed by atoms with Crippen molar-refractivity contribution in [2.75, 3.05) is 6.54 Å². The van der Waals surface area contributed by atoms with E-state index in [2.05, 4.69) is 0 Å². The van der Waals surface area contributed by atoms with E-state index < -0.39 is 11.6 Å². The lowest BCUT2D eigenvalue weighted by Crippen LogP contribution is -2.06. The fourth-order valence-corrected chi connectivity index (χ4v) is 2.11. The molecule has 106 valence electrons. The minimum atomic E-state index is -0.889. The van der Waals surface area contributed by atoms with Crippen LogP contribution >= 0.6 is 11.6 Å². The highest BCUT2D eigenvalue weighted by Gasteiger charge is 2.08. The van der Waals surface area contributed by atoms with E-state index in [1.54, 1.807) is 18.2 Å². The zero-order chi connectivity index (χ0) is 14.5. The minimum Gasteiger partial charge on any atom is -0.489 e. The SMILES string of the molecule is NCCc1c(Cl)cccc1OCc1ccc(F)c(F)c1. The van der Waals surface area contributed by atoms with Gasteiger partial charge < -0.3 is 10.5 Å². The van der Waals surface area contributed by atoms with Gasteiger partial charge in [0.25, 0.3) is 0 Å². The third kappa shape index (κ3) is 3.46. The van der Waals surface area contributed by atoms with Crippen LogP contribution in [0.5, 0.6) is 5.75 Å². The first-order valence-electron chi connectivity index (χ1n) is 6.16. The summed E-state index contributed by atoms with van der Waals surface area (Å²) in [6, 6.07) is 8.97. The van der Waals surface area contributed by atoms with Gasteiger partial charge in [-0.3, -0.25) is 0 Å². The molecule has 5 heteroatoms. The monoisotopic (exact) mass is 297 g/mol. The van der Waals surface area contributed by atoms with Crippen LogP contribution < -0.4 is 10.5 Å². The number of hydrogen-bond donors (Lipinski definition) is 1. The lowest BCUT2D eigenvalue weighted by molar-refractivity contribution is 0.302. The van der Waals surface area contributed by atoms with Gasteiger partial charge in [0.1, 0.15) is 12.4 Å². The van der Waals surface area contributed by atoms with E-state index in [1.165, 1.54) is 6.07 Å². The van der Waals surface area contributed by atoms with Gasteiger partial charge in [0, 0.05) is 10.6 Å². The lowest BCUT2D eigenvalue weighted by atomic mass is 10.1. The second-order valence-electron chi connectivity index (χ2n) is 4.29. The molecule has 0 amide bonds. The maximum Gasteiger partial charge on any atom is 0.159 e. The van der Waals surface area contributed by atoms with Gasteiger partial charge in [-0.05, 0) is 42.8 Å². The van der Waals surface area contributed by atoms with E-state index in [-0.39, 0.29) is 6.61 Å². The summed E-state index contributed by atoms with van der Waals surface area (Å²) in [6.07, 6.45) is 0.590. The van der Waals surface area contributed by atoms with Crippen molar-refractivity contribution in [3.05, 3.63) is 64.2 Å². The van der Waals surface area contributed by atoms with Gasteiger partial charge in [-0.15, -0.1) is 0 Å². The van der Waals surface area contributed by atoms with Gasteiger partial charge in [0.05, 0.1) is 0 Å². The summed E-state index contributed by atoms with van der Waals surface area (Å²) in [4.78, 5) is 0. The summed E-state index contributed by atoms with van der Waals surface area (Å²) in [7, 11) is 0. The van der Waals surface area contributed by atoms with Gasteiger partial charge in [-0.2, -0.15) is 0 Å². The Bertz CT molecular complexity index is 604. The highest BCUT2D eigenvalue weighted by Crippen LogP contribution is 2.27. The minimum absolute atomic E-state index is 0.134. The van der Waals surface area contributed by atoms with Gasteiger partial charge in [0.15, 0.2) is 11.6 Å². The molecule has 0 radical (unpaired) electrons. The lowest BCUT2D eigenvalue weighted by Gasteiger charge is -2.12. The molecular formula is C15H14ClF2NO. The third-order valence-electron chi connectivity index (χ3n) is 2.85. The number of benzene rings is 2. The summed E-state index contributed by atoms with van der Waals surface area (Å²) in [6.45, 7) is 0.584. The maximum absolute atomic E-state index is 13.1. The Hall–Kier alpha value is -1.65. The molecule has 0 saturated carbocycles. The van der Waals surface area contributed by atoms with Crippen LogP contribution in [0.25, 0.3) is 0 Å². The van der Waals surface area contributed by atoms with Crippen molar-refractivity contribution in [3.63, 3.8) is 0 Å². The van der Waals surface area contributed by atoms with Crippen molar-refractivity contribution in [1.29, 1.82) is 0 Å². The first-order chi connectivity index (χ1) is 9.61. The molecule has 0 saturated heterocycles. The number of rotatable bonds is 5. The predicted molar refractivity (Wildman–Crippen MR) is 74.9 cm³/mol. The molecule has 0 bridgehead atoms. The summed E-state index contributed by atoms with van der Waals surface area (Å²) in [5.74, 6) is -1.16. The summed E-state index contributed by atoms with van der Waals surface area (Å²) in [5.41, 5.74) is 6.90.